The van der Waals surface area contributed by atoms with Gasteiger partial charge in [0.25, 0.3) is 5.91 Å². The van der Waals surface area contributed by atoms with E-state index in [9.17, 15) is 4.79 Å². The lowest BCUT2D eigenvalue weighted by molar-refractivity contribution is 0.0674. The van der Waals surface area contributed by atoms with Crippen LogP contribution in [0.25, 0.3) is 0 Å². The van der Waals surface area contributed by atoms with E-state index in [1.165, 1.54) is 0 Å². The third-order valence-electron chi connectivity index (χ3n) is 3.66. The molecule has 104 valence electrons. The van der Waals surface area contributed by atoms with Gasteiger partial charge in [-0.1, -0.05) is 12.1 Å². The topological polar surface area (TPSA) is 23.6 Å². The zero-order valence-corrected chi connectivity index (χ0v) is 12.6. The molecule has 1 aliphatic heterocycles. The zero-order chi connectivity index (χ0) is 13.8. The number of likely N-dealkylation sites (tertiary alicyclic amines) is 1. The van der Waals surface area contributed by atoms with Gasteiger partial charge >= 0.3 is 0 Å². The SMILES string of the molecule is CN(C)CC1CCN(C(=O)c2ccccc2S)CC1. The molecule has 0 bridgehead atoms. The van der Waals surface area contributed by atoms with Gasteiger partial charge in [-0.25, -0.2) is 0 Å². The molecular weight excluding hydrogens is 256 g/mol. The molecule has 4 heteroatoms. The highest BCUT2D eigenvalue weighted by Gasteiger charge is 2.24. The van der Waals surface area contributed by atoms with Gasteiger partial charge in [-0.05, 0) is 45.0 Å². The summed E-state index contributed by atoms with van der Waals surface area (Å²) in [6.45, 7) is 2.84. The van der Waals surface area contributed by atoms with Gasteiger partial charge in [-0.3, -0.25) is 4.79 Å². The summed E-state index contributed by atoms with van der Waals surface area (Å²) in [5.41, 5.74) is 0.719. The monoisotopic (exact) mass is 278 g/mol. The molecule has 0 saturated carbocycles. The van der Waals surface area contributed by atoms with Crippen LogP contribution in [0.3, 0.4) is 0 Å². The van der Waals surface area contributed by atoms with Crippen molar-refractivity contribution in [2.24, 2.45) is 5.92 Å². The molecule has 19 heavy (non-hydrogen) atoms. The van der Waals surface area contributed by atoms with Crippen molar-refractivity contribution in [3.05, 3.63) is 29.8 Å². The van der Waals surface area contributed by atoms with Gasteiger partial charge in [-0.15, -0.1) is 12.6 Å². The van der Waals surface area contributed by atoms with E-state index in [0.717, 1.165) is 42.9 Å². The summed E-state index contributed by atoms with van der Waals surface area (Å²) in [7, 11) is 4.21. The summed E-state index contributed by atoms with van der Waals surface area (Å²) in [6.07, 6.45) is 2.19. The molecular formula is C15H22N2OS. The van der Waals surface area contributed by atoms with E-state index >= 15 is 0 Å². The molecule has 1 amide bonds. The van der Waals surface area contributed by atoms with Crippen molar-refractivity contribution in [1.29, 1.82) is 0 Å². The standard InChI is InChI=1S/C15H22N2OS/c1-16(2)11-12-7-9-17(10-8-12)15(18)13-5-3-4-6-14(13)19/h3-6,12,19H,7-11H2,1-2H3. The Balaban J connectivity index is 1.95. The minimum Gasteiger partial charge on any atom is -0.339 e. The number of nitrogens with zero attached hydrogens (tertiary/aromatic N) is 2. The minimum atomic E-state index is 0.119. The van der Waals surface area contributed by atoms with Crippen molar-refractivity contribution < 1.29 is 4.79 Å². The van der Waals surface area contributed by atoms with Crippen LogP contribution in [-0.2, 0) is 0 Å². The molecule has 0 unspecified atom stereocenters. The van der Waals surface area contributed by atoms with Crippen LogP contribution < -0.4 is 0 Å². The van der Waals surface area contributed by atoms with Crippen LogP contribution in [0.5, 0.6) is 0 Å². The first-order valence-electron chi connectivity index (χ1n) is 6.80. The molecule has 0 aromatic heterocycles. The average molecular weight is 278 g/mol. The van der Waals surface area contributed by atoms with Gasteiger partial charge in [0.2, 0.25) is 0 Å². The molecule has 1 aromatic carbocycles. The van der Waals surface area contributed by atoms with Gasteiger partial charge in [0, 0.05) is 24.5 Å². The van der Waals surface area contributed by atoms with Crippen molar-refractivity contribution in [2.45, 2.75) is 17.7 Å². The molecule has 0 N–H and O–H groups in total. The molecule has 2 rings (SSSR count). The Morgan fingerprint density at radius 3 is 2.53 bits per heavy atom. The Morgan fingerprint density at radius 1 is 1.32 bits per heavy atom. The van der Waals surface area contributed by atoms with Crippen LogP contribution in [0.4, 0.5) is 0 Å². The summed E-state index contributed by atoms with van der Waals surface area (Å²) < 4.78 is 0. The number of carbonyl (C=O) groups is 1. The van der Waals surface area contributed by atoms with Crippen molar-refractivity contribution in [2.75, 3.05) is 33.7 Å². The van der Waals surface area contributed by atoms with Crippen LogP contribution in [-0.4, -0.2) is 49.4 Å². The van der Waals surface area contributed by atoms with Crippen LogP contribution in [0.15, 0.2) is 29.2 Å². The summed E-state index contributed by atoms with van der Waals surface area (Å²) in [5.74, 6) is 0.833. The first-order valence-corrected chi connectivity index (χ1v) is 7.24. The molecule has 1 saturated heterocycles. The molecule has 1 aliphatic rings. The second-order valence-electron chi connectivity index (χ2n) is 5.51. The largest absolute Gasteiger partial charge is 0.339 e. The minimum absolute atomic E-state index is 0.119. The van der Waals surface area contributed by atoms with Gasteiger partial charge in [-0.2, -0.15) is 0 Å². The van der Waals surface area contributed by atoms with Crippen molar-refractivity contribution in [3.8, 4) is 0 Å². The fourth-order valence-corrected chi connectivity index (χ4v) is 2.92. The molecule has 1 heterocycles. The number of piperidine rings is 1. The van der Waals surface area contributed by atoms with Crippen LogP contribution in [0, 0.1) is 5.92 Å². The first-order chi connectivity index (χ1) is 9.08. The fourth-order valence-electron chi connectivity index (χ4n) is 2.66. The van der Waals surface area contributed by atoms with Gasteiger partial charge in [0.05, 0.1) is 5.56 Å². The van der Waals surface area contributed by atoms with Gasteiger partial charge in [0.15, 0.2) is 0 Å². The van der Waals surface area contributed by atoms with E-state index in [2.05, 4.69) is 31.6 Å². The predicted octanol–water partition coefficient (Wildman–Crippen LogP) is 2.39. The third-order valence-corrected chi connectivity index (χ3v) is 4.05. The van der Waals surface area contributed by atoms with E-state index in [4.69, 9.17) is 0 Å². The normalized spacial score (nSPS) is 16.9. The zero-order valence-electron chi connectivity index (χ0n) is 11.7. The predicted molar refractivity (Wildman–Crippen MR) is 80.9 cm³/mol. The lowest BCUT2D eigenvalue weighted by Gasteiger charge is -2.33. The number of thiol groups is 1. The Labute approximate surface area is 121 Å². The maximum atomic E-state index is 12.4. The van der Waals surface area contributed by atoms with Crippen LogP contribution >= 0.6 is 12.6 Å². The fraction of sp³-hybridized carbons (Fsp3) is 0.533. The summed E-state index contributed by atoms with van der Waals surface area (Å²) in [4.78, 5) is 17.4. The second-order valence-corrected chi connectivity index (χ2v) is 6.00. The Bertz CT molecular complexity index is 440. The Morgan fingerprint density at radius 2 is 1.95 bits per heavy atom. The molecule has 0 atom stereocenters. The number of hydrogen-bond acceptors (Lipinski definition) is 3. The van der Waals surface area contributed by atoms with E-state index in [0.29, 0.717) is 5.92 Å². The summed E-state index contributed by atoms with van der Waals surface area (Å²) in [5, 5.41) is 0. The highest BCUT2D eigenvalue weighted by atomic mass is 32.1. The molecule has 0 radical (unpaired) electrons. The van der Waals surface area contributed by atoms with Crippen molar-refractivity contribution in [1.82, 2.24) is 9.80 Å². The molecule has 3 nitrogen and oxygen atoms in total. The van der Waals surface area contributed by atoms with Gasteiger partial charge in [0.1, 0.15) is 0 Å². The third kappa shape index (κ3) is 3.74. The number of carbonyl (C=O) groups excluding carboxylic acids is 1. The van der Waals surface area contributed by atoms with E-state index in [-0.39, 0.29) is 5.91 Å². The highest BCUT2D eigenvalue weighted by molar-refractivity contribution is 7.80. The second kappa shape index (κ2) is 6.44. The molecule has 1 aromatic rings. The highest BCUT2D eigenvalue weighted by Crippen LogP contribution is 2.21. The maximum absolute atomic E-state index is 12.4. The molecule has 0 aliphatic carbocycles. The van der Waals surface area contributed by atoms with Gasteiger partial charge < -0.3 is 9.80 Å². The Kier molecular flexibility index (Phi) is 4.88. The Hall–Kier alpha value is -1.00. The summed E-state index contributed by atoms with van der Waals surface area (Å²) >= 11 is 4.37. The van der Waals surface area contributed by atoms with E-state index < -0.39 is 0 Å². The average Bonchev–Trinajstić information content (AvgIpc) is 2.39. The lowest BCUT2D eigenvalue weighted by Crippen LogP contribution is -2.40. The number of benzene rings is 1. The molecule has 0 spiro atoms. The van der Waals surface area contributed by atoms with Crippen molar-refractivity contribution in [3.63, 3.8) is 0 Å². The number of rotatable bonds is 3. The smallest absolute Gasteiger partial charge is 0.254 e. The maximum Gasteiger partial charge on any atom is 0.254 e. The number of hydrogen-bond donors (Lipinski definition) is 1. The summed E-state index contributed by atoms with van der Waals surface area (Å²) in [6, 6.07) is 7.53. The van der Waals surface area contributed by atoms with Crippen LogP contribution in [0.2, 0.25) is 0 Å². The lowest BCUT2D eigenvalue weighted by atomic mass is 9.96. The quantitative estimate of drug-likeness (QED) is 0.858. The van der Waals surface area contributed by atoms with Crippen molar-refractivity contribution >= 4 is 18.5 Å². The van der Waals surface area contributed by atoms with E-state index in [1.54, 1.807) is 0 Å². The first kappa shape index (κ1) is 14.4. The van der Waals surface area contributed by atoms with Crippen LogP contribution in [0.1, 0.15) is 23.2 Å². The number of amides is 1. The molecule has 1 fully saturated rings. The van der Waals surface area contributed by atoms with E-state index in [1.807, 2.05) is 29.2 Å².